The second kappa shape index (κ2) is 8.93. The van der Waals surface area contributed by atoms with Crippen LogP contribution < -0.4 is 16.0 Å². The largest absolute Gasteiger partial charge is 0.480 e. The zero-order valence-corrected chi connectivity index (χ0v) is 12.7. The van der Waals surface area contributed by atoms with Crippen LogP contribution in [0.1, 0.15) is 34.1 Å². The van der Waals surface area contributed by atoms with Gasteiger partial charge < -0.3 is 21.1 Å². The Morgan fingerprint density at radius 1 is 1.00 bits per heavy atom. The number of carboxylic acids is 1. The summed E-state index contributed by atoms with van der Waals surface area (Å²) < 4.78 is 0. The van der Waals surface area contributed by atoms with Gasteiger partial charge in [-0.25, -0.2) is 0 Å². The van der Waals surface area contributed by atoms with E-state index in [1.165, 1.54) is 13.8 Å². The fraction of sp³-hybridized carbons (Fsp3) is 0.692. The van der Waals surface area contributed by atoms with Crippen LogP contribution in [0.2, 0.25) is 0 Å². The summed E-state index contributed by atoms with van der Waals surface area (Å²) in [5.74, 6) is -2.45. The Kier molecular flexibility index (Phi) is 8.03. The van der Waals surface area contributed by atoms with E-state index >= 15 is 0 Å². The summed E-state index contributed by atoms with van der Waals surface area (Å²) in [6.45, 7) is 6.03. The minimum Gasteiger partial charge on any atom is -0.480 e. The highest BCUT2D eigenvalue weighted by Gasteiger charge is 2.24. The molecule has 0 heterocycles. The molecule has 0 aliphatic rings. The molecular formula is C13H23N3O5. The average Bonchev–Trinajstić information content (AvgIpc) is 2.33. The highest BCUT2D eigenvalue weighted by atomic mass is 16.4. The second-order valence-electron chi connectivity index (χ2n) is 5.22. The molecule has 21 heavy (non-hydrogen) atoms. The smallest absolute Gasteiger partial charge is 0.322 e. The number of hydrogen-bond acceptors (Lipinski definition) is 4. The first-order chi connectivity index (χ1) is 9.63. The molecule has 0 bridgehead atoms. The Hall–Kier alpha value is -2.12. The van der Waals surface area contributed by atoms with Gasteiger partial charge in [-0.3, -0.25) is 19.2 Å². The molecule has 0 aliphatic heterocycles. The highest BCUT2D eigenvalue weighted by Crippen LogP contribution is 2.05. The standard InChI is InChI=1S/C13H23N3O5/c1-7(2)5-10(13(21)14-6-11(18)19)16-12(20)8(3)15-9(4)17/h7-8,10H,5-6H2,1-4H3,(H,14,21)(H,15,17)(H,16,20)(H,18,19)/t8-,10-/m0/s1. The van der Waals surface area contributed by atoms with Crippen molar-refractivity contribution in [2.24, 2.45) is 5.92 Å². The van der Waals surface area contributed by atoms with Crippen molar-refractivity contribution in [3.05, 3.63) is 0 Å². The van der Waals surface area contributed by atoms with E-state index in [1.54, 1.807) is 0 Å². The quantitative estimate of drug-likeness (QED) is 0.469. The summed E-state index contributed by atoms with van der Waals surface area (Å²) >= 11 is 0. The van der Waals surface area contributed by atoms with Gasteiger partial charge in [-0.2, -0.15) is 0 Å². The number of aliphatic carboxylic acids is 1. The van der Waals surface area contributed by atoms with E-state index < -0.39 is 36.4 Å². The van der Waals surface area contributed by atoms with E-state index in [9.17, 15) is 19.2 Å². The van der Waals surface area contributed by atoms with Gasteiger partial charge in [0.2, 0.25) is 17.7 Å². The van der Waals surface area contributed by atoms with Gasteiger partial charge in [0.15, 0.2) is 0 Å². The molecule has 0 aromatic carbocycles. The van der Waals surface area contributed by atoms with Crippen molar-refractivity contribution in [1.82, 2.24) is 16.0 Å². The predicted octanol–water partition coefficient (Wildman–Crippen LogP) is -0.757. The lowest BCUT2D eigenvalue weighted by Crippen LogP contribution is -2.53. The van der Waals surface area contributed by atoms with Gasteiger partial charge >= 0.3 is 5.97 Å². The normalized spacial score (nSPS) is 13.2. The van der Waals surface area contributed by atoms with E-state index in [1.807, 2.05) is 13.8 Å². The fourth-order valence-corrected chi connectivity index (χ4v) is 1.66. The maximum absolute atomic E-state index is 11.9. The lowest BCUT2D eigenvalue weighted by molar-refractivity contribution is -0.138. The van der Waals surface area contributed by atoms with Gasteiger partial charge in [-0.15, -0.1) is 0 Å². The van der Waals surface area contributed by atoms with Crippen molar-refractivity contribution in [2.45, 2.75) is 46.2 Å². The van der Waals surface area contributed by atoms with Crippen molar-refractivity contribution in [3.8, 4) is 0 Å². The summed E-state index contributed by atoms with van der Waals surface area (Å²) in [4.78, 5) is 45.1. The van der Waals surface area contributed by atoms with Crippen molar-refractivity contribution in [2.75, 3.05) is 6.54 Å². The van der Waals surface area contributed by atoms with Crippen LogP contribution in [-0.4, -0.2) is 47.4 Å². The number of carboxylic acid groups (broad SMARTS) is 1. The first kappa shape index (κ1) is 18.9. The van der Waals surface area contributed by atoms with Crippen LogP contribution in [0.25, 0.3) is 0 Å². The molecule has 0 saturated heterocycles. The third kappa shape index (κ3) is 8.61. The fourth-order valence-electron chi connectivity index (χ4n) is 1.66. The zero-order chi connectivity index (χ0) is 16.6. The van der Waals surface area contributed by atoms with Crippen molar-refractivity contribution >= 4 is 23.7 Å². The van der Waals surface area contributed by atoms with E-state index in [2.05, 4.69) is 16.0 Å². The number of carbonyl (C=O) groups is 4. The first-order valence-electron chi connectivity index (χ1n) is 6.70. The van der Waals surface area contributed by atoms with Crippen LogP contribution in [0.3, 0.4) is 0 Å². The van der Waals surface area contributed by atoms with E-state index in [-0.39, 0.29) is 11.8 Å². The van der Waals surface area contributed by atoms with Crippen LogP contribution in [0, 0.1) is 5.92 Å². The average molecular weight is 301 g/mol. The molecule has 2 atom stereocenters. The van der Waals surface area contributed by atoms with Crippen LogP contribution in [-0.2, 0) is 19.2 Å². The minimum absolute atomic E-state index is 0.127. The lowest BCUT2D eigenvalue weighted by atomic mass is 10.0. The number of nitrogens with one attached hydrogen (secondary N) is 3. The van der Waals surface area contributed by atoms with E-state index in [4.69, 9.17) is 5.11 Å². The zero-order valence-electron chi connectivity index (χ0n) is 12.7. The number of amides is 3. The summed E-state index contributed by atoms with van der Waals surface area (Å²) in [7, 11) is 0. The first-order valence-corrected chi connectivity index (χ1v) is 6.70. The molecule has 8 nitrogen and oxygen atoms in total. The molecule has 3 amide bonds. The van der Waals surface area contributed by atoms with Gasteiger partial charge in [0.05, 0.1) is 0 Å². The molecule has 0 spiro atoms. The van der Waals surface area contributed by atoms with Gasteiger partial charge in [-0.05, 0) is 19.3 Å². The third-order valence-electron chi connectivity index (χ3n) is 2.57. The maximum atomic E-state index is 11.9. The predicted molar refractivity (Wildman–Crippen MR) is 75.3 cm³/mol. The summed E-state index contributed by atoms with van der Waals surface area (Å²) in [5, 5.41) is 15.7. The Labute approximate surface area is 123 Å². The van der Waals surface area contributed by atoms with Crippen LogP contribution in [0.4, 0.5) is 0 Å². The summed E-state index contributed by atoms with van der Waals surface area (Å²) in [6.07, 6.45) is 0.365. The monoisotopic (exact) mass is 301 g/mol. The van der Waals surface area contributed by atoms with Crippen molar-refractivity contribution in [1.29, 1.82) is 0 Å². The van der Waals surface area contributed by atoms with Crippen molar-refractivity contribution < 1.29 is 24.3 Å². The molecular weight excluding hydrogens is 278 g/mol. The minimum atomic E-state index is -1.16. The highest BCUT2D eigenvalue weighted by molar-refractivity contribution is 5.92. The Morgan fingerprint density at radius 3 is 2.00 bits per heavy atom. The number of rotatable bonds is 8. The molecule has 0 radical (unpaired) electrons. The van der Waals surface area contributed by atoms with Gasteiger partial charge in [0, 0.05) is 6.92 Å². The Bertz CT molecular complexity index is 409. The van der Waals surface area contributed by atoms with E-state index in [0.717, 1.165) is 0 Å². The summed E-state index contributed by atoms with van der Waals surface area (Å²) in [6, 6.07) is -1.61. The molecule has 0 aliphatic carbocycles. The number of carbonyl (C=O) groups excluding carboxylic acids is 3. The summed E-state index contributed by atoms with van der Waals surface area (Å²) in [5.41, 5.74) is 0. The molecule has 0 fully saturated rings. The van der Waals surface area contributed by atoms with Crippen molar-refractivity contribution in [3.63, 3.8) is 0 Å². The molecule has 0 aromatic heterocycles. The topological polar surface area (TPSA) is 125 Å². The van der Waals surface area contributed by atoms with Crippen LogP contribution in [0.15, 0.2) is 0 Å². The van der Waals surface area contributed by atoms with E-state index in [0.29, 0.717) is 6.42 Å². The third-order valence-corrected chi connectivity index (χ3v) is 2.57. The van der Waals surface area contributed by atoms with Gasteiger partial charge in [-0.1, -0.05) is 13.8 Å². The lowest BCUT2D eigenvalue weighted by Gasteiger charge is -2.22. The molecule has 0 saturated carbocycles. The second-order valence-corrected chi connectivity index (χ2v) is 5.22. The SMILES string of the molecule is CC(=O)N[C@@H](C)C(=O)N[C@@H](CC(C)C)C(=O)NCC(=O)O. The molecule has 8 heteroatoms. The van der Waals surface area contributed by atoms with Gasteiger partial charge in [0.25, 0.3) is 0 Å². The van der Waals surface area contributed by atoms with Crippen LogP contribution >= 0.6 is 0 Å². The molecule has 0 rings (SSSR count). The molecule has 0 aromatic rings. The van der Waals surface area contributed by atoms with Crippen LogP contribution in [0.5, 0.6) is 0 Å². The molecule has 4 N–H and O–H groups in total. The number of hydrogen-bond donors (Lipinski definition) is 4. The molecule has 0 unspecified atom stereocenters. The Morgan fingerprint density at radius 2 is 1.57 bits per heavy atom. The Balaban J connectivity index is 4.67. The van der Waals surface area contributed by atoms with Gasteiger partial charge in [0.1, 0.15) is 18.6 Å². The maximum Gasteiger partial charge on any atom is 0.322 e. The molecule has 120 valence electrons.